The van der Waals surface area contributed by atoms with E-state index in [1.807, 2.05) is 24.3 Å². The van der Waals surface area contributed by atoms with Gasteiger partial charge in [-0.05, 0) is 23.8 Å². The summed E-state index contributed by atoms with van der Waals surface area (Å²) in [7, 11) is 1.36. The SMILES string of the molecule is COC(=O)c1cncc(-c2ccc(Br)cc2)c1. The van der Waals surface area contributed by atoms with Crippen LogP contribution >= 0.6 is 15.9 Å². The van der Waals surface area contributed by atoms with Gasteiger partial charge in [0.15, 0.2) is 0 Å². The maximum absolute atomic E-state index is 11.4. The van der Waals surface area contributed by atoms with Gasteiger partial charge in [-0.25, -0.2) is 4.79 Å². The number of carbonyl (C=O) groups is 1. The van der Waals surface area contributed by atoms with Crippen molar-refractivity contribution in [3.8, 4) is 11.1 Å². The Kier molecular flexibility index (Phi) is 3.54. The van der Waals surface area contributed by atoms with Crippen LogP contribution in [0.1, 0.15) is 10.4 Å². The van der Waals surface area contributed by atoms with Crippen LogP contribution in [0.4, 0.5) is 0 Å². The predicted octanol–water partition coefficient (Wildman–Crippen LogP) is 3.30. The lowest BCUT2D eigenvalue weighted by Crippen LogP contribution is -2.01. The number of methoxy groups -OCH3 is 1. The summed E-state index contributed by atoms with van der Waals surface area (Å²) in [5.41, 5.74) is 2.35. The van der Waals surface area contributed by atoms with Crippen LogP contribution in [0.15, 0.2) is 47.2 Å². The number of hydrogen-bond acceptors (Lipinski definition) is 3. The number of ether oxygens (including phenoxy) is 1. The number of rotatable bonds is 2. The number of esters is 1. The second-order valence-corrected chi connectivity index (χ2v) is 4.38. The fraction of sp³-hybridized carbons (Fsp3) is 0.0769. The van der Waals surface area contributed by atoms with Crippen LogP contribution in [-0.2, 0) is 4.74 Å². The largest absolute Gasteiger partial charge is 0.465 e. The van der Waals surface area contributed by atoms with Gasteiger partial charge in [-0.2, -0.15) is 0 Å². The van der Waals surface area contributed by atoms with E-state index in [1.165, 1.54) is 13.3 Å². The molecule has 3 nitrogen and oxygen atoms in total. The minimum absolute atomic E-state index is 0.378. The van der Waals surface area contributed by atoms with Crippen molar-refractivity contribution in [3.63, 3.8) is 0 Å². The van der Waals surface area contributed by atoms with Crippen molar-refractivity contribution >= 4 is 21.9 Å². The quantitative estimate of drug-likeness (QED) is 0.797. The summed E-state index contributed by atoms with van der Waals surface area (Å²) in [6.45, 7) is 0. The van der Waals surface area contributed by atoms with Gasteiger partial charge in [-0.1, -0.05) is 28.1 Å². The average Bonchev–Trinajstić information content (AvgIpc) is 2.39. The summed E-state index contributed by atoms with van der Waals surface area (Å²) in [6.07, 6.45) is 3.21. The van der Waals surface area contributed by atoms with E-state index in [2.05, 4.69) is 25.7 Å². The first-order chi connectivity index (χ1) is 8.20. The second-order valence-electron chi connectivity index (χ2n) is 3.46. The van der Waals surface area contributed by atoms with Crippen molar-refractivity contribution in [3.05, 3.63) is 52.8 Å². The molecule has 1 aromatic carbocycles. The number of halogens is 1. The third kappa shape index (κ3) is 2.71. The van der Waals surface area contributed by atoms with Crippen molar-refractivity contribution in [2.45, 2.75) is 0 Å². The maximum atomic E-state index is 11.4. The molecular weight excluding hydrogens is 282 g/mol. The van der Waals surface area contributed by atoms with Gasteiger partial charge in [0, 0.05) is 22.4 Å². The molecule has 86 valence electrons. The summed E-state index contributed by atoms with van der Waals surface area (Å²) in [5, 5.41) is 0. The van der Waals surface area contributed by atoms with E-state index >= 15 is 0 Å². The van der Waals surface area contributed by atoms with Gasteiger partial charge >= 0.3 is 5.97 Å². The molecule has 0 radical (unpaired) electrons. The lowest BCUT2D eigenvalue weighted by Gasteiger charge is -2.03. The van der Waals surface area contributed by atoms with Crippen LogP contribution < -0.4 is 0 Å². The van der Waals surface area contributed by atoms with Gasteiger partial charge in [0.1, 0.15) is 0 Å². The number of pyridine rings is 1. The summed E-state index contributed by atoms with van der Waals surface area (Å²) < 4.78 is 5.67. The molecule has 0 N–H and O–H groups in total. The van der Waals surface area contributed by atoms with Crippen molar-refractivity contribution in [1.29, 1.82) is 0 Å². The van der Waals surface area contributed by atoms with Gasteiger partial charge < -0.3 is 4.74 Å². The van der Waals surface area contributed by atoms with Crippen molar-refractivity contribution in [2.75, 3.05) is 7.11 Å². The van der Waals surface area contributed by atoms with E-state index in [1.54, 1.807) is 12.3 Å². The topological polar surface area (TPSA) is 39.2 Å². The van der Waals surface area contributed by atoms with Crippen molar-refractivity contribution in [1.82, 2.24) is 4.98 Å². The molecular formula is C13H10BrNO2. The summed E-state index contributed by atoms with van der Waals surface area (Å²) in [4.78, 5) is 15.4. The van der Waals surface area contributed by atoms with Crippen LogP contribution in [0.5, 0.6) is 0 Å². The fourth-order valence-corrected chi connectivity index (χ4v) is 1.73. The Morgan fingerprint density at radius 3 is 2.53 bits per heavy atom. The molecule has 1 aromatic heterocycles. The lowest BCUT2D eigenvalue weighted by molar-refractivity contribution is 0.0600. The van der Waals surface area contributed by atoms with Crippen LogP contribution in [0.2, 0.25) is 0 Å². The van der Waals surface area contributed by atoms with Crippen LogP contribution in [-0.4, -0.2) is 18.1 Å². The molecule has 0 spiro atoms. The molecule has 0 saturated heterocycles. The number of hydrogen-bond donors (Lipinski definition) is 0. The van der Waals surface area contributed by atoms with E-state index in [0.717, 1.165) is 15.6 Å². The molecule has 17 heavy (non-hydrogen) atoms. The highest BCUT2D eigenvalue weighted by atomic mass is 79.9. The molecule has 4 heteroatoms. The smallest absolute Gasteiger partial charge is 0.339 e. The van der Waals surface area contributed by atoms with Gasteiger partial charge in [0.05, 0.1) is 12.7 Å². The third-order valence-corrected chi connectivity index (χ3v) is 2.87. The van der Waals surface area contributed by atoms with E-state index in [4.69, 9.17) is 0 Å². The highest BCUT2D eigenvalue weighted by Gasteiger charge is 2.07. The van der Waals surface area contributed by atoms with E-state index < -0.39 is 0 Å². The highest BCUT2D eigenvalue weighted by molar-refractivity contribution is 9.10. The highest BCUT2D eigenvalue weighted by Crippen LogP contribution is 2.21. The molecule has 0 aliphatic rings. The number of benzene rings is 1. The minimum atomic E-state index is -0.378. The summed E-state index contributed by atoms with van der Waals surface area (Å²) >= 11 is 3.38. The minimum Gasteiger partial charge on any atom is -0.465 e. The van der Waals surface area contributed by atoms with Gasteiger partial charge in [-0.3, -0.25) is 4.98 Å². The van der Waals surface area contributed by atoms with E-state index in [9.17, 15) is 4.79 Å². The van der Waals surface area contributed by atoms with Crippen molar-refractivity contribution in [2.24, 2.45) is 0 Å². The maximum Gasteiger partial charge on any atom is 0.339 e. The number of aromatic nitrogens is 1. The predicted molar refractivity (Wildman–Crippen MR) is 68.7 cm³/mol. The number of nitrogens with zero attached hydrogens (tertiary/aromatic N) is 1. The van der Waals surface area contributed by atoms with Gasteiger partial charge in [0.2, 0.25) is 0 Å². The van der Waals surface area contributed by atoms with E-state index in [0.29, 0.717) is 5.56 Å². The van der Waals surface area contributed by atoms with Crippen molar-refractivity contribution < 1.29 is 9.53 Å². The molecule has 2 rings (SSSR count). The monoisotopic (exact) mass is 291 g/mol. The molecule has 0 bridgehead atoms. The van der Waals surface area contributed by atoms with Crippen LogP contribution in [0.3, 0.4) is 0 Å². The molecule has 0 unspecified atom stereocenters. The summed E-state index contributed by atoms with van der Waals surface area (Å²) in [6, 6.07) is 9.58. The lowest BCUT2D eigenvalue weighted by atomic mass is 10.1. The zero-order chi connectivity index (χ0) is 12.3. The molecule has 0 aliphatic heterocycles. The molecule has 0 atom stereocenters. The molecule has 0 fully saturated rings. The van der Waals surface area contributed by atoms with Crippen LogP contribution in [0, 0.1) is 0 Å². The zero-order valence-electron chi connectivity index (χ0n) is 9.18. The Labute approximate surface area is 108 Å². The Balaban J connectivity index is 2.39. The Bertz CT molecular complexity index is 537. The third-order valence-electron chi connectivity index (χ3n) is 2.34. The van der Waals surface area contributed by atoms with Gasteiger partial charge in [0.25, 0.3) is 0 Å². The fourth-order valence-electron chi connectivity index (χ4n) is 1.47. The first kappa shape index (κ1) is 11.8. The average molecular weight is 292 g/mol. The first-order valence-corrected chi connectivity index (χ1v) is 5.79. The molecule has 0 saturated carbocycles. The Hall–Kier alpha value is -1.68. The molecule has 0 aliphatic carbocycles. The second kappa shape index (κ2) is 5.10. The molecule has 2 aromatic rings. The Morgan fingerprint density at radius 1 is 1.18 bits per heavy atom. The molecule has 0 amide bonds. The van der Waals surface area contributed by atoms with Crippen LogP contribution in [0.25, 0.3) is 11.1 Å². The summed E-state index contributed by atoms with van der Waals surface area (Å²) in [5.74, 6) is -0.378. The Morgan fingerprint density at radius 2 is 1.88 bits per heavy atom. The zero-order valence-corrected chi connectivity index (χ0v) is 10.8. The van der Waals surface area contributed by atoms with E-state index in [-0.39, 0.29) is 5.97 Å². The first-order valence-electron chi connectivity index (χ1n) is 5.00. The molecule has 1 heterocycles. The number of carbonyl (C=O) groups excluding carboxylic acids is 1. The van der Waals surface area contributed by atoms with Gasteiger partial charge in [-0.15, -0.1) is 0 Å². The normalized spacial score (nSPS) is 10.0. The standard InChI is InChI=1S/C13H10BrNO2/c1-17-13(16)11-6-10(7-15-8-11)9-2-4-12(14)5-3-9/h2-8H,1H3.